The second-order valence-corrected chi connectivity index (χ2v) is 4.76. The highest BCUT2D eigenvalue weighted by atomic mass is 19.4. The van der Waals surface area contributed by atoms with Crippen molar-refractivity contribution in [1.82, 2.24) is 0 Å². The monoisotopic (exact) mass is 287 g/mol. The van der Waals surface area contributed by atoms with E-state index in [-0.39, 0.29) is 11.4 Å². The van der Waals surface area contributed by atoms with E-state index in [0.717, 1.165) is 44.5 Å². The smallest absolute Gasteiger partial charge is 0.409 e. The van der Waals surface area contributed by atoms with E-state index in [9.17, 15) is 13.2 Å². The molecule has 0 aliphatic carbocycles. The van der Waals surface area contributed by atoms with Gasteiger partial charge in [-0.25, -0.2) is 0 Å². The average Bonchev–Trinajstić information content (AvgIpc) is 2.45. The van der Waals surface area contributed by atoms with Crippen LogP contribution in [0.5, 0.6) is 0 Å². The van der Waals surface area contributed by atoms with Crippen LogP contribution in [-0.4, -0.2) is 24.1 Å². The Morgan fingerprint density at radius 3 is 2.40 bits per heavy atom. The van der Waals surface area contributed by atoms with Crippen LogP contribution >= 0.6 is 0 Å². The highest BCUT2D eigenvalue weighted by Crippen LogP contribution is 2.33. The molecule has 1 aliphatic rings. The van der Waals surface area contributed by atoms with Crippen molar-refractivity contribution in [1.29, 1.82) is 0 Å². The van der Waals surface area contributed by atoms with Crippen LogP contribution in [0.3, 0.4) is 0 Å². The quantitative estimate of drug-likeness (QED) is 0.380. The Morgan fingerprint density at radius 2 is 1.85 bits per heavy atom. The van der Waals surface area contributed by atoms with Gasteiger partial charge in [0.25, 0.3) is 0 Å². The van der Waals surface area contributed by atoms with E-state index in [1.165, 1.54) is 6.07 Å². The minimum Gasteiger partial charge on any atom is -0.409 e. The molecule has 0 atom stereocenters. The van der Waals surface area contributed by atoms with Crippen molar-refractivity contribution >= 4 is 11.5 Å². The average molecular weight is 287 g/mol. The fourth-order valence-corrected chi connectivity index (χ4v) is 2.38. The lowest BCUT2D eigenvalue weighted by Crippen LogP contribution is -2.32. The number of nitrogens with two attached hydrogens (primary N) is 1. The molecule has 0 aromatic heterocycles. The van der Waals surface area contributed by atoms with E-state index in [0.29, 0.717) is 5.69 Å². The molecule has 2 rings (SSSR count). The van der Waals surface area contributed by atoms with Gasteiger partial charge in [0, 0.05) is 24.3 Å². The van der Waals surface area contributed by atoms with Gasteiger partial charge in [-0.15, -0.1) is 0 Å². The number of hydrogen-bond donors (Lipinski definition) is 2. The summed E-state index contributed by atoms with van der Waals surface area (Å²) >= 11 is 0. The van der Waals surface area contributed by atoms with Crippen molar-refractivity contribution < 1.29 is 18.4 Å². The van der Waals surface area contributed by atoms with Crippen molar-refractivity contribution in [2.24, 2.45) is 10.9 Å². The largest absolute Gasteiger partial charge is 0.416 e. The summed E-state index contributed by atoms with van der Waals surface area (Å²) in [5.74, 6) is -0.309. The number of nitrogens with zero attached hydrogens (tertiary/aromatic N) is 2. The Hall–Kier alpha value is -1.92. The molecule has 7 heteroatoms. The van der Waals surface area contributed by atoms with Crippen molar-refractivity contribution in [3.8, 4) is 0 Å². The molecule has 1 aromatic rings. The molecule has 1 aromatic carbocycles. The summed E-state index contributed by atoms with van der Waals surface area (Å²) in [5, 5.41) is 11.6. The molecule has 4 nitrogen and oxygen atoms in total. The minimum absolute atomic E-state index is 0.115. The fourth-order valence-electron chi connectivity index (χ4n) is 2.38. The van der Waals surface area contributed by atoms with Crippen LogP contribution in [-0.2, 0) is 6.18 Å². The van der Waals surface area contributed by atoms with E-state index in [1.54, 1.807) is 0 Å². The van der Waals surface area contributed by atoms with Gasteiger partial charge in [-0.05, 0) is 37.5 Å². The van der Waals surface area contributed by atoms with Crippen LogP contribution in [0.1, 0.15) is 30.4 Å². The Labute approximate surface area is 114 Å². The third kappa shape index (κ3) is 2.97. The van der Waals surface area contributed by atoms with E-state index < -0.39 is 11.7 Å². The summed E-state index contributed by atoms with van der Waals surface area (Å²) in [6.07, 6.45) is -1.38. The molecule has 0 amide bonds. The van der Waals surface area contributed by atoms with Crippen molar-refractivity contribution in [3.63, 3.8) is 0 Å². The molecule has 1 aliphatic heterocycles. The molecule has 0 bridgehead atoms. The van der Waals surface area contributed by atoms with Gasteiger partial charge >= 0.3 is 6.18 Å². The van der Waals surface area contributed by atoms with E-state index in [2.05, 4.69) is 5.16 Å². The summed E-state index contributed by atoms with van der Waals surface area (Å²) in [7, 11) is 0. The van der Waals surface area contributed by atoms with E-state index in [4.69, 9.17) is 10.9 Å². The van der Waals surface area contributed by atoms with Gasteiger partial charge in [-0.1, -0.05) is 5.16 Å². The molecule has 110 valence electrons. The molecule has 20 heavy (non-hydrogen) atoms. The lowest BCUT2D eigenvalue weighted by molar-refractivity contribution is -0.137. The number of halogens is 3. The summed E-state index contributed by atoms with van der Waals surface area (Å²) < 4.78 is 38.3. The number of piperidine rings is 1. The molecule has 1 fully saturated rings. The van der Waals surface area contributed by atoms with Crippen LogP contribution < -0.4 is 10.6 Å². The molecule has 0 unspecified atom stereocenters. The number of alkyl halides is 3. The predicted molar refractivity (Wildman–Crippen MR) is 70.0 cm³/mol. The van der Waals surface area contributed by atoms with Crippen LogP contribution in [0.15, 0.2) is 23.4 Å². The molecule has 0 saturated carbocycles. The van der Waals surface area contributed by atoms with Gasteiger partial charge in [0.15, 0.2) is 5.84 Å². The zero-order valence-electron chi connectivity index (χ0n) is 10.8. The summed E-state index contributed by atoms with van der Waals surface area (Å²) in [6.45, 7) is 1.52. The molecule has 3 N–H and O–H groups in total. The highest BCUT2D eigenvalue weighted by molar-refractivity contribution is 6.02. The van der Waals surface area contributed by atoms with Gasteiger partial charge in [-0.2, -0.15) is 13.2 Å². The topological polar surface area (TPSA) is 61.9 Å². The zero-order valence-corrected chi connectivity index (χ0v) is 10.8. The third-order valence-corrected chi connectivity index (χ3v) is 3.40. The first-order valence-corrected chi connectivity index (χ1v) is 6.37. The predicted octanol–water partition coefficient (Wildman–Crippen LogP) is 2.79. The molecular weight excluding hydrogens is 271 g/mol. The SMILES string of the molecule is N/C(=N\O)c1cc(C(F)(F)F)ccc1N1CCCCC1. The second kappa shape index (κ2) is 5.60. The van der Waals surface area contributed by atoms with Crippen LogP contribution in [0, 0.1) is 0 Å². The van der Waals surface area contributed by atoms with Crippen molar-refractivity contribution in [2.45, 2.75) is 25.4 Å². The summed E-state index contributed by atoms with van der Waals surface area (Å²) in [4.78, 5) is 1.97. The maximum absolute atomic E-state index is 12.8. The van der Waals surface area contributed by atoms with Crippen molar-refractivity contribution in [2.75, 3.05) is 18.0 Å². The fraction of sp³-hybridized carbons (Fsp3) is 0.462. The standard InChI is InChI=1S/C13H16F3N3O/c14-13(15,16)9-4-5-11(10(8-9)12(17)18-20)19-6-2-1-3-7-19/h4-5,8,20H,1-3,6-7H2,(H2,17,18). The molecule has 1 saturated heterocycles. The lowest BCUT2D eigenvalue weighted by Gasteiger charge is -2.30. The van der Waals surface area contributed by atoms with E-state index in [1.807, 2.05) is 4.90 Å². The Morgan fingerprint density at radius 1 is 1.20 bits per heavy atom. The third-order valence-electron chi connectivity index (χ3n) is 3.40. The number of oxime groups is 1. The zero-order chi connectivity index (χ0) is 14.8. The number of anilines is 1. The van der Waals surface area contributed by atoms with E-state index >= 15 is 0 Å². The second-order valence-electron chi connectivity index (χ2n) is 4.76. The Balaban J connectivity index is 2.45. The molecular formula is C13H16F3N3O. The molecule has 1 heterocycles. The summed E-state index contributed by atoms with van der Waals surface area (Å²) in [6, 6.07) is 3.35. The number of hydrogen-bond acceptors (Lipinski definition) is 3. The van der Waals surface area contributed by atoms with Gasteiger partial charge in [0.1, 0.15) is 0 Å². The van der Waals surface area contributed by atoms with Gasteiger partial charge in [-0.3, -0.25) is 0 Å². The lowest BCUT2D eigenvalue weighted by atomic mass is 10.0. The Kier molecular flexibility index (Phi) is 4.06. The first-order chi connectivity index (χ1) is 9.43. The highest BCUT2D eigenvalue weighted by Gasteiger charge is 2.32. The van der Waals surface area contributed by atoms with Gasteiger partial charge in [0.05, 0.1) is 5.56 Å². The Bertz CT molecular complexity index is 508. The molecule has 0 radical (unpaired) electrons. The van der Waals surface area contributed by atoms with Crippen LogP contribution in [0.25, 0.3) is 0 Å². The van der Waals surface area contributed by atoms with Gasteiger partial charge in [0.2, 0.25) is 0 Å². The normalized spacial score (nSPS) is 17.4. The minimum atomic E-state index is -4.45. The number of rotatable bonds is 2. The van der Waals surface area contributed by atoms with Crippen LogP contribution in [0.4, 0.5) is 18.9 Å². The molecule has 0 spiro atoms. The number of amidine groups is 1. The van der Waals surface area contributed by atoms with Crippen molar-refractivity contribution in [3.05, 3.63) is 29.3 Å². The first kappa shape index (κ1) is 14.5. The summed E-state index contributed by atoms with van der Waals surface area (Å²) in [5.41, 5.74) is 5.41. The maximum atomic E-state index is 12.8. The first-order valence-electron chi connectivity index (χ1n) is 6.37. The number of benzene rings is 1. The van der Waals surface area contributed by atoms with Gasteiger partial charge < -0.3 is 15.8 Å². The van der Waals surface area contributed by atoms with Crippen LogP contribution in [0.2, 0.25) is 0 Å². The maximum Gasteiger partial charge on any atom is 0.416 e.